The van der Waals surface area contributed by atoms with Crippen molar-refractivity contribution in [2.45, 2.75) is 62.4 Å². The minimum atomic E-state index is -4.74. The van der Waals surface area contributed by atoms with E-state index in [-0.39, 0.29) is 22.2 Å². The molecule has 0 unspecified atom stereocenters. The van der Waals surface area contributed by atoms with Crippen LogP contribution in [0.25, 0.3) is 5.70 Å². The standard InChI is InChI=1S/C21H22B3F5N6O/c22-21(23,24)35(31)17(18(25)26)16(30)14-9-12(11-5-2-1-3-6-11)19(36)34(33-14)10-15-13(20(27,28)29)7-4-8-32-15/h4,7-9,11,18H,1-3,5-6,10,30-31H2/b17-16-. The van der Waals surface area contributed by atoms with Crippen molar-refractivity contribution in [3.8, 4) is 0 Å². The Balaban J connectivity index is 2.23. The predicted octanol–water partition coefficient (Wildman–Crippen LogP) is 1.94. The first kappa shape index (κ1) is 27.8. The van der Waals surface area contributed by atoms with Crippen LogP contribution >= 0.6 is 0 Å². The van der Waals surface area contributed by atoms with Crippen LogP contribution in [0.2, 0.25) is 0 Å². The monoisotopic (exact) mass is 502 g/mol. The van der Waals surface area contributed by atoms with Gasteiger partial charge in [0.05, 0.1) is 47.0 Å². The molecule has 36 heavy (non-hydrogen) atoms. The lowest BCUT2D eigenvalue weighted by molar-refractivity contribution is -0.138. The van der Waals surface area contributed by atoms with Crippen LogP contribution in [0.5, 0.6) is 0 Å². The van der Waals surface area contributed by atoms with Crippen molar-refractivity contribution in [1.29, 1.82) is 0 Å². The zero-order chi connectivity index (χ0) is 26.8. The summed E-state index contributed by atoms with van der Waals surface area (Å²) < 4.78 is 69.1. The molecular formula is C21H22B3F5N6O. The Morgan fingerprint density at radius 1 is 1.19 bits per heavy atom. The lowest BCUT2D eigenvalue weighted by Crippen LogP contribution is -2.55. The quantitative estimate of drug-likeness (QED) is 0.260. The molecule has 3 rings (SSSR count). The van der Waals surface area contributed by atoms with E-state index in [9.17, 15) is 26.7 Å². The Bertz CT molecular complexity index is 1180. The molecule has 1 fully saturated rings. The summed E-state index contributed by atoms with van der Waals surface area (Å²) in [5, 5.41) is 1.74. The molecular weight excluding hydrogens is 480 g/mol. The van der Waals surface area contributed by atoms with Crippen molar-refractivity contribution in [2.75, 3.05) is 0 Å². The smallest absolute Gasteiger partial charge is 0.395 e. The second-order valence-corrected chi connectivity index (χ2v) is 8.63. The van der Waals surface area contributed by atoms with E-state index in [1.54, 1.807) is 0 Å². The zero-order valence-electron chi connectivity index (χ0n) is 19.2. The molecule has 7 nitrogen and oxygen atoms in total. The highest BCUT2D eigenvalue weighted by atomic mass is 19.4. The predicted molar refractivity (Wildman–Crippen MR) is 126 cm³/mol. The number of pyridine rings is 1. The van der Waals surface area contributed by atoms with Gasteiger partial charge in [-0.1, -0.05) is 24.5 Å². The SMILES string of the molecule is [B]C([B])([B])N(N)/C(=C(\N)c1cc(C2CCCCC2)c(=O)n(Cc2ncccc2C(F)(F)F)n1)C(F)F. The van der Waals surface area contributed by atoms with Crippen molar-refractivity contribution in [3.63, 3.8) is 0 Å². The van der Waals surface area contributed by atoms with Crippen LogP contribution < -0.4 is 17.1 Å². The van der Waals surface area contributed by atoms with Gasteiger partial charge >= 0.3 is 6.18 Å². The number of halogens is 5. The number of hydrogen-bond donors (Lipinski definition) is 2. The fourth-order valence-electron chi connectivity index (χ4n) is 4.16. The third-order valence-electron chi connectivity index (χ3n) is 5.98. The summed E-state index contributed by atoms with van der Waals surface area (Å²) in [6, 6.07) is 3.17. The van der Waals surface area contributed by atoms with Crippen LogP contribution in [0, 0.1) is 0 Å². The van der Waals surface area contributed by atoms with Gasteiger partial charge in [-0.15, -0.1) is 0 Å². The first-order valence-corrected chi connectivity index (χ1v) is 11.0. The van der Waals surface area contributed by atoms with Crippen molar-refractivity contribution >= 4 is 29.2 Å². The van der Waals surface area contributed by atoms with Gasteiger partial charge in [-0.2, -0.15) is 18.3 Å². The number of hydrogen-bond acceptors (Lipinski definition) is 6. The molecule has 186 valence electrons. The van der Waals surface area contributed by atoms with E-state index in [2.05, 4.69) is 10.1 Å². The molecule has 0 aliphatic heterocycles. The summed E-state index contributed by atoms with van der Waals surface area (Å²) >= 11 is 0. The van der Waals surface area contributed by atoms with Crippen molar-refractivity contribution in [1.82, 2.24) is 19.8 Å². The van der Waals surface area contributed by atoms with Gasteiger partial charge in [-0.25, -0.2) is 19.3 Å². The summed E-state index contributed by atoms with van der Waals surface area (Å²) in [5.74, 6) is 5.32. The molecule has 0 saturated heterocycles. The largest absolute Gasteiger partial charge is 0.418 e. The van der Waals surface area contributed by atoms with Crippen LogP contribution in [0.1, 0.15) is 60.5 Å². The minimum absolute atomic E-state index is 0.172. The van der Waals surface area contributed by atoms with Crippen molar-refractivity contribution < 1.29 is 22.0 Å². The van der Waals surface area contributed by atoms with Gasteiger partial charge in [-0.3, -0.25) is 9.78 Å². The second-order valence-electron chi connectivity index (χ2n) is 8.63. The van der Waals surface area contributed by atoms with Gasteiger partial charge < -0.3 is 10.7 Å². The Morgan fingerprint density at radius 3 is 2.39 bits per heavy atom. The third kappa shape index (κ3) is 6.11. The fraction of sp³-hybridized carbons (Fsp3) is 0.476. The fourth-order valence-corrected chi connectivity index (χ4v) is 4.16. The van der Waals surface area contributed by atoms with Crippen molar-refractivity contribution in [2.24, 2.45) is 11.6 Å². The number of aromatic nitrogens is 3. The molecule has 2 aromatic rings. The van der Waals surface area contributed by atoms with E-state index in [0.29, 0.717) is 12.8 Å². The number of nitrogens with two attached hydrogens (primary N) is 2. The second kappa shape index (κ2) is 10.7. The Kier molecular flexibility index (Phi) is 8.21. The average Bonchev–Trinajstić information content (AvgIpc) is 2.79. The van der Waals surface area contributed by atoms with E-state index >= 15 is 0 Å². The van der Waals surface area contributed by atoms with Crippen molar-refractivity contribution in [3.05, 3.63) is 63.0 Å². The lowest BCUT2D eigenvalue weighted by atomic mass is 9.49. The number of alkyl halides is 5. The molecule has 0 bridgehead atoms. The number of nitrogens with zero attached hydrogens (tertiary/aromatic N) is 4. The van der Waals surface area contributed by atoms with Crippen LogP contribution in [0.15, 0.2) is 34.9 Å². The molecule has 2 heterocycles. The molecule has 15 heteroatoms. The van der Waals surface area contributed by atoms with Gasteiger partial charge in [0.15, 0.2) is 0 Å². The molecule has 0 aromatic carbocycles. The molecule has 1 saturated carbocycles. The normalized spacial score (nSPS) is 16.2. The summed E-state index contributed by atoms with van der Waals surface area (Å²) in [7, 11) is 16.3. The van der Waals surface area contributed by atoms with Gasteiger partial charge in [0.25, 0.3) is 12.0 Å². The third-order valence-corrected chi connectivity index (χ3v) is 5.98. The molecule has 0 spiro atoms. The molecule has 1 aliphatic carbocycles. The lowest BCUT2D eigenvalue weighted by Gasteiger charge is -2.37. The van der Waals surface area contributed by atoms with Crippen LogP contribution in [-0.4, -0.2) is 55.0 Å². The van der Waals surface area contributed by atoms with Gasteiger partial charge in [0.2, 0.25) is 0 Å². The highest BCUT2D eigenvalue weighted by Crippen LogP contribution is 2.33. The Labute approximate surface area is 208 Å². The highest BCUT2D eigenvalue weighted by molar-refractivity contribution is 6.59. The first-order chi connectivity index (χ1) is 16.7. The summed E-state index contributed by atoms with van der Waals surface area (Å²) in [6.45, 7) is -0.680. The van der Waals surface area contributed by atoms with E-state index in [1.165, 1.54) is 6.07 Å². The van der Waals surface area contributed by atoms with E-state index in [1.807, 2.05) is 0 Å². The van der Waals surface area contributed by atoms with Gasteiger partial charge in [-0.05, 0) is 37.0 Å². The maximum absolute atomic E-state index is 13.9. The minimum Gasteiger partial charge on any atom is -0.395 e. The molecule has 2 aromatic heterocycles. The maximum atomic E-state index is 13.9. The molecule has 4 N–H and O–H groups in total. The van der Waals surface area contributed by atoms with Crippen LogP contribution in [-0.2, 0) is 12.7 Å². The zero-order valence-corrected chi connectivity index (χ0v) is 19.2. The molecule has 1 aliphatic rings. The molecule has 6 radical (unpaired) electrons. The summed E-state index contributed by atoms with van der Waals surface area (Å²) in [5.41, 5.74) is 1.87. The number of allylic oxidation sites excluding steroid dienone is 1. The molecule has 0 atom stereocenters. The highest BCUT2D eigenvalue weighted by Gasteiger charge is 2.34. The number of rotatable bonds is 7. The Hall–Kier alpha value is -2.83. The van der Waals surface area contributed by atoms with Gasteiger partial charge in [0.1, 0.15) is 11.4 Å². The van der Waals surface area contributed by atoms with Crippen LogP contribution in [0.4, 0.5) is 22.0 Å². The average molecular weight is 502 g/mol. The summed E-state index contributed by atoms with van der Waals surface area (Å²) in [4.78, 5) is 17.1. The summed E-state index contributed by atoms with van der Waals surface area (Å²) in [6.07, 6.45) is -3.06. The number of hydrazine groups is 1. The van der Waals surface area contributed by atoms with E-state index in [4.69, 9.17) is 35.1 Å². The topological polar surface area (TPSA) is 103 Å². The molecule has 0 amide bonds. The maximum Gasteiger partial charge on any atom is 0.418 e. The first-order valence-electron chi connectivity index (χ1n) is 11.0. The Morgan fingerprint density at radius 2 is 1.83 bits per heavy atom. The van der Waals surface area contributed by atoms with Gasteiger partial charge in [0, 0.05) is 11.8 Å². The van der Waals surface area contributed by atoms with E-state index in [0.717, 1.165) is 42.3 Å². The van der Waals surface area contributed by atoms with E-state index < -0.39 is 52.6 Å². The van der Waals surface area contributed by atoms with Crippen LogP contribution in [0.3, 0.4) is 0 Å².